The number of anilines is 1. The van der Waals surface area contributed by atoms with Crippen LogP contribution in [-0.4, -0.2) is 48.0 Å². The molecule has 6 nitrogen and oxygen atoms in total. The van der Waals surface area contributed by atoms with E-state index < -0.39 is 5.82 Å². The molecular formula is C24H24F2N4O2. The van der Waals surface area contributed by atoms with E-state index in [0.717, 1.165) is 6.42 Å². The molecule has 0 N–H and O–H groups in total. The van der Waals surface area contributed by atoms with Crippen molar-refractivity contribution in [3.05, 3.63) is 72.1 Å². The van der Waals surface area contributed by atoms with Crippen molar-refractivity contribution in [2.45, 2.75) is 18.9 Å². The number of carbonyl (C=O) groups excluding carboxylic acids is 1. The lowest BCUT2D eigenvalue weighted by Crippen LogP contribution is -2.35. The van der Waals surface area contributed by atoms with Gasteiger partial charge in [0.1, 0.15) is 5.82 Å². The summed E-state index contributed by atoms with van der Waals surface area (Å²) in [5.74, 6) is -0.595. The van der Waals surface area contributed by atoms with Gasteiger partial charge in [-0.05, 0) is 42.7 Å². The predicted octanol–water partition coefficient (Wildman–Crippen LogP) is 4.23. The van der Waals surface area contributed by atoms with Gasteiger partial charge in [-0.2, -0.15) is 0 Å². The first kappa shape index (κ1) is 21.7. The number of carbonyl (C=O) groups is 1. The molecular weight excluding hydrogens is 414 g/mol. The van der Waals surface area contributed by atoms with Gasteiger partial charge in [0.05, 0.1) is 11.7 Å². The van der Waals surface area contributed by atoms with Crippen molar-refractivity contribution in [2.24, 2.45) is 0 Å². The van der Waals surface area contributed by atoms with Crippen LogP contribution in [0.1, 0.15) is 24.6 Å². The van der Waals surface area contributed by atoms with Crippen molar-refractivity contribution >= 4 is 11.9 Å². The molecule has 4 rings (SSSR count). The van der Waals surface area contributed by atoms with Crippen LogP contribution in [0.25, 0.3) is 11.1 Å². The summed E-state index contributed by atoms with van der Waals surface area (Å²) in [5.41, 5.74) is 1.98. The summed E-state index contributed by atoms with van der Waals surface area (Å²) in [7, 11) is 3.67. The molecule has 2 heterocycles. The Morgan fingerprint density at radius 2 is 2.00 bits per heavy atom. The van der Waals surface area contributed by atoms with Gasteiger partial charge in [-0.25, -0.2) is 18.7 Å². The second-order valence-corrected chi connectivity index (χ2v) is 7.84. The van der Waals surface area contributed by atoms with Gasteiger partial charge in [-0.15, -0.1) is 0 Å². The number of amides is 1. The van der Waals surface area contributed by atoms with E-state index in [1.807, 2.05) is 14.1 Å². The molecule has 0 bridgehead atoms. The highest BCUT2D eigenvalue weighted by atomic mass is 19.1. The number of halogens is 2. The Morgan fingerprint density at radius 3 is 2.75 bits per heavy atom. The SMILES string of the molecule is CN(C)c1ncc(-c2cccc(F)c2)c([C@@H]2CCCN2C(=O)COc2ccccc2F)n1. The maximum atomic E-state index is 13.9. The van der Waals surface area contributed by atoms with Crippen molar-refractivity contribution in [1.29, 1.82) is 0 Å². The first-order chi connectivity index (χ1) is 15.4. The smallest absolute Gasteiger partial charge is 0.261 e. The normalized spacial score (nSPS) is 15.6. The number of likely N-dealkylation sites (tertiary alicyclic amines) is 1. The number of nitrogens with zero attached hydrogens (tertiary/aromatic N) is 4. The highest BCUT2D eigenvalue weighted by Crippen LogP contribution is 2.37. The Kier molecular flexibility index (Phi) is 6.30. The standard InChI is InChI=1S/C24H24F2N4O2/c1-29(2)24-27-14-18(16-7-5-8-17(25)13-16)23(28-24)20-10-6-12-30(20)22(31)15-32-21-11-4-3-9-19(21)26/h3-5,7-9,11,13-14,20H,6,10,12,15H2,1-2H3/t20-/m0/s1. The Bertz CT molecular complexity index is 1120. The fraction of sp³-hybridized carbons (Fsp3) is 0.292. The van der Waals surface area contributed by atoms with Crippen LogP contribution in [0.15, 0.2) is 54.7 Å². The minimum Gasteiger partial charge on any atom is -0.481 e. The number of benzene rings is 2. The van der Waals surface area contributed by atoms with Gasteiger partial charge in [0.2, 0.25) is 5.95 Å². The van der Waals surface area contributed by atoms with Crippen LogP contribution < -0.4 is 9.64 Å². The van der Waals surface area contributed by atoms with E-state index in [4.69, 9.17) is 9.72 Å². The second-order valence-electron chi connectivity index (χ2n) is 7.84. The molecule has 0 saturated carbocycles. The van der Waals surface area contributed by atoms with Gasteiger partial charge in [-0.1, -0.05) is 24.3 Å². The first-order valence-corrected chi connectivity index (χ1v) is 10.4. The fourth-order valence-corrected chi connectivity index (χ4v) is 3.87. The van der Waals surface area contributed by atoms with E-state index in [1.54, 1.807) is 40.3 Å². The van der Waals surface area contributed by atoms with Crippen LogP contribution in [0, 0.1) is 11.6 Å². The maximum absolute atomic E-state index is 13.9. The van der Waals surface area contributed by atoms with Crippen LogP contribution in [0.4, 0.5) is 14.7 Å². The van der Waals surface area contributed by atoms with E-state index >= 15 is 0 Å². The molecule has 1 aliphatic heterocycles. The van der Waals surface area contributed by atoms with Crippen LogP contribution in [-0.2, 0) is 4.79 Å². The molecule has 2 aromatic carbocycles. The maximum Gasteiger partial charge on any atom is 0.261 e. The molecule has 0 radical (unpaired) electrons. The van der Waals surface area contributed by atoms with E-state index in [9.17, 15) is 13.6 Å². The molecule has 3 aromatic rings. The lowest BCUT2D eigenvalue weighted by molar-refractivity contribution is -0.134. The Morgan fingerprint density at radius 1 is 1.19 bits per heavy atom. The zero-order valence-corrected chi connectivity index (χ0v) is 18.0. The summed E-state index contributed by atoms with van der Waals surface area (Å²) >= 11 is 0. The van der Waals surface area contributed by atoms with Crippen molar-refractivity contribution in [3.8, 4) is 16.9 Å². The van der Waals surface area contributed by atoms with Gasteiger partial charge in [0, 0.05) is 32.4 Å². The van der Waals surface area contributed by atoms with Crippen molar-refractivity contribution in [1.82, 2.24) is 14.9 Å². The summed E-state index contributed by atoms with van der Waals surface area (Å²) in [6, 6.07) is 11.9. The second kappa shape index (κ2) is 9.30. The quantitative estimate of drug-likeness (QED) is 0.577. The van der Waals surface area contributed by atoms with E-state index in [0.29, 0.717) is 35.7 Å². The topological polar surface area (TPSA) is 58.6 Å². The van der Waals surface area contributed by atoms with Crippen molar-refractivity contribution in [3.63, 3.8) is 0 Å². The average Bonchev–Trinajstić information content (AvgIpc) is 3.28. The van der Waals surface area contributed by atoms with E-state index in [2.05, 4.69) is 4.98 Å². The fourth-order valence-electron chi connectivity index (χ4n) is 3.87. The predicted molar refractivity (Wildman–Crippen MR) is 117 cm³/mol. The van der Waals surface area contributed by atoms with Crippen LogP contribution in [0.5, 0.6) is 5.75 Å². The number of hydrogen-bond donors (Lipinski definition) is 0. The summed E-state index contributed by atoms with van der Waals surface area (Å²) in [4.78, 5) is 25.6. The summed E-state index contributed by atoms with van der Waals surface area (Å²) in [6.45, 7) is 0.256. The molecule has 0 spiro atoms. The van der Waals surface area contributed by atoms with Gasteiger partial charge < -0.3 is 14.5 Å². The van der Waals surface area contributed by atoms with Crippen LogP contribution >= 0.6 is 0 Å². The minimum absolute atomic E-state index is 0.0361. The van der Waals surface area contributed by atoms with Gasteiger partial charge in [-0.3, -0.25) is 4.79 Å². The third kappa shape index (κ3) is 4.54. The lowest BCUT2D eigenvalue weighted by atomic mass is 9.99. The van der Waals surface area contributed by atoms with Crippen molar-refractivity contribution < 1.29 is 18.3 Å². The number of para-hydroxylation sites is 1. The Labute approximate surface area is 185 Å². The largest absolute Gasteiger partial charge is 0.481 e. The molecule has 1 saturated heterocycles. The molecule has 1 fully saturated rings. The van der Waals surface area contributed by atoms with E-state index in [1.165, 1.54) is 24.3 Å². The molecule has 8 heteroatoms. The Hall–Kier alpha value is -3.55. The number of hydrogen-bond acceptors (Lipinski definition) is 5. The summed E-state index contributed by atoms with van der Waals surface area (Å²) in [5, 5.41) is 0. The van der Waals surface area contributed by atoms with Crippen LogP contribution in [0.3, 0.4) is 0 Å². The molecule has 32 heavy (non-hydrogen) atoms. The highest BCUT2D eigenvalue weighted by molar-refractivity contribution is 5.79. The average molecular weight is 438 g/mol. The van der Waals surface area contributed by atoms with Crippen LogP contribution in [0.2, 0.25) is 0 Å². The number of aromatic nitrogens is 2. The van der Waals surface area contributed by atoms with Crippen molar-refractivity contribution in [2.75, 3.05) is 32.1 Å². The molecule has 166 valence electrons. The molecule has 1 aromatic heterocycles. The number of ether oxygens (including phenoxy) is 1. The van der Waals surface area contributed by atoms with Gasteiger partial charge in [0.25, 0.3) is 5.91 Å². The Balaban J connectivity index is 1.64. The third-order valence-corrected chi connectivity index (χ3v) is 5.42. The van der Waals surface area contributed by atoms with Gasteiger partial charge >= 0.3 is 0 Å². The minimum atomic E-state index is -0.516. The van der Waals surface area contributed by atoms with E-state index in [-0.39, 0.29) is 30.1 Å². The monoisotopic (exact) mass is 438 g/mol. The van der Waals surface area contributed by atoms with Gasteiger partial charge in [0.15, 0.2) is 18.2 Å². The lowest BCUT2D eigenvalue weighted by Gasteiger charge is -2.27. The third-order valence-electron chi connectivity index (χ3n) is 5.42. The first-order valence-electron chi connectivity index (χ1n) is 10.4. The number of rotatable bonds is 6. The zero-order valence-electron chi connectivity index (χ0n) is 18.0. The highest BCUT2D eigenvalue weighted by Gasteiger charge is 2.33. The molecule has 1 aliphatic rings. The molecule has 0 aliphatic carbocycles. The molecule has 1 amide bonds. The molecule has 0 unspecified atom stereocenters. The summed E-state index contributed by atoms with van der Waals surface area (Å²) in [6.07, 6.45) is 3.17. The zero-order chi connectivity index (χ0) is 22.7. The summed E-state index contributed by atoms with van der Waals surface area (Å²) < 4.78 is 33.2. The molecule has 1 atom stereocenters.